The predicted molar refractivity (Wildman–Crippen MR) is 88.8 cm³/mol. The van der Waals surface area contributed by atoms with E-state index in [9.17, 15) is 0 Å². The lowest BCUT2D eigenvalue weighted by atomic mass is 10.0. The molecule has 6 heteroatoms. The van der Waals surface area contributed by atoms with E-state index in [2.05, 4.69) is 41.1 Å². The van der Waals surface area contributed by atoms with Gasteiger partial charge in [0.2, 0.25) is 0 Å². The molecule has 2 atom stereocenters. The molecule has 2 N–H and O–H groups in total. The van der Waals surface area contributed by atoms with Gasteiger partial charge in [0, 0.05) is 24.2 Å². The third-order valence-electron chi connectivity index (χ3n) is 3.59. The van der Waals surface area contributed by atoms with Crippen molar-refractivity contribution in [3.05, 3.63) is 47.0 Å². The van der Waals surface area contributed by atoms with Crippen LogP contribution in [0.25, 0.3) is 0 Å². The summed E-state index contributed by atoms with van der Waals surface area (Å²) in [6.07, 6.45) is 2.14. The Morgan fingerprint density at radius 1 is 1.38 bits per heavy atom. The van der Waals surface area contributed by atoms with Gasteiger partial charge in [0.05, 0.1) is 18.8 Å². The molecular weight excluding hydrogens is 306 g/mol. The fourth-order valence-electron chi connectivity index (χ4n) is 2.62. The molecule has 1 aliphatic rings. The summed E-state index contributed by atoms with van der Waals surface area (Å²) >= 11 is 1.56. The lowest BCUT2D eigenvalue weighted by Crippen LogP contribution is -2.42. The van der Waals surface area contributed by atoms with Gasteiger partial charge >= 0.3 is 0 Å². The van der Waals surface area contributed by atoms with Crippen LogP contribution in [0.2, 0.25) is 0 Å². The van der Waals surface area contributed by atoms with E-state index in [0.717, 1.165) is 19.7 Å². The van der Waals surface area contributed by atoms with Crippen LogP contribution in [0.1, 0.15) is 23.4 Å². The minimum absolute atomic E-state index is 0. The molecule has 0 aliphatic carbocycles. The molecular formula is C15H20ClN3OS. The smallest absolute Gasteiger partial charge is 0.180 e. The standard InChI is InChI=1S/C15H19N3OS.ClH/c1-11-8-18(9-13-7-17-15(16)20-13)14(10-19-11)12-5-3-2-4-6-12;/h2-7,11,14H,8-10H2,1H3,(H2,16,17);1H. The molecule has 114 valence electrons. The Morgan fingerprint density at radius 3 is 2.81 bits per heavy atom. The molecule has 1 aromatic carbocycles. The molecule has 2 heterocycles. The van der Waals surface area contributed by atoms with E-state index in [1.54, 1.807) is 11.3 Å². The van der Waals surface area contributed by atoms with E-state index in [0.29, 0.717) is 11.2 Å². The predicted octanol–water partition coefficient (Wildman–Crippen LogP) is 3.11. The number of morpholine rings is 1. The van der Waals surface area contributed by atoms with Gasteiger partial charge in [-0.2, -0.15) is 0 Å². The molecule has 21 heavy (non-hydrogen) atoms. The van der Waals surface area contributed by atoms with Crippen LogP contribution in [-0.2, 0) is 11.3 Å². The summed E-state index contributed by atoms with van der Waals surface area (Å²) in [4.78, 5) is 7.80. The zero-order valence-corrected chi connectivity index (χ0v) is 13.6. The highest BCUT2D eigenvalue weighted by Gasteiger charge is 2.28. The van der Waals surface area contributed by atoms with E-state index in [1.807, 2.05) is 12.3 Å². The number of nitrogens with two attached hydrogens (primary N) is 1. The number of anilines is 1. The van der Waals surface area contributed by atoms with Crippen LogP contribution in [-0.4, -0.2) is 29.1 Å². The third-order valence-corrected chi connectivity index (χ3v) is 4.40. The number of ether oxygens (including phenoxy) is 1. The number of halogens is 1. The number of thiazole rings is 1. The monoisotopic (exact) mass is 325 g/mol. The molecule has 1 aliphatic heterocycles. The van der Waals surface area contributed by atoms with Gasteiger partial charge < -0.3 is 10.5 Å². The van der Waals surface area contributed by atoms with E-state index < -0.39 is 0 Å². The first-order valence-corrected chi connectivity index (χ1v) is 7.65. The van der Waals surface area contributed by atoms with Crippen molar-refractivity contribution >= 4 is 28.9 Å². The van der Waals surface area contributed by atoms with Crippen LogP contribution in [0.5, 0.6) is 0 Å². The Hall–Kier alpha value is -1.14. The Bertz CT molecular complexity index is 563. The van der Waals surface area contributed by atoms with Gasteiger partial charge in [-0.05, 0) is 12.5 Å². The van der Waals surface area contributed by atoms with Gasteiger partial charge in [0.25, 0.3) is 0 Å². The van der Waals surface area contributed by atoms with Crippen molar-refractivity contribution in [1.82, 2.24) is 9.88 Å². The fourth-order valence-corrected chi connectivity index (χ4v) is 3.33. The van der Waals surface area contributed by atoms with Crippen molar-refractivity contribution in [3.63, 3.8) is 0 Å². The van der Waals surface area contributed by atoms with E-state index in [4.69, 9.17) is 10.5 Å². The van der Waals surface area contributed by atoms with Crippen LogP contribution in [0.4, 0.5) is 5.13 Å². The largest absolute Gasteiger partial charge is 0.375 e. The highest BCUT2D eigenvalue weighted by Crippen LogP contribution is 2.29. The second-order valence-corrected chi connectivity index (χ2v) is 6.31. The lowest BCUT2D eigenvalue weighted by Gasteiger charge is -2.38. The van der Waals surface area contributed by atoms with Crippen LogP contribution in [0.15, 0.2) is 36.5 Å². The van der Waals surface area contributed by atoms with Gasteiger partial charge in [-0.3, -0.25) is 4.90 Å². The number of aromatic nitrogens is 1. The quantitative estimate of drug-likeness (QED) is 0.942. The van der Waals surface area contributed by atoms with E-state index in [1.165, 1.54) is 10.4 Å². The zero-order valence-electron chi connectivity index (χ0n) is 11.9. The average Bonchev–Trinajstić information content (AvgIpc) is 2.85. The van der Waals surface area contributed by atoms with Crippen molar-refractivity contribution in [2.45, 2.75) is 25.6 Å². The van der Waals surface area contributed by atoms with Gasteiger partial charge in [-0.15, -0.1) is 23.7 Å². The molecule has 0 spiro atoms. The number of benzene rings is 1. The molecule has 1 fully saturated rings. The number of hydrogen-bond donors (Lipinski definition) is 1. The van der Waals surface area contributed by atoms with Gasteiger partial charge in [-0.25, -0.2) is 4.98 Å². The van der Waals surface area contributed by atoms with Crippen molar-refractivity contribution in [1.29, 1.82) is 0 Å². The minimum Gasteiger partial charge on any atom is -0.375 e. The summed E-state index contributed by atoms with van der Waals surface area (Å²) in [5.74, 6) is 0. The van der Waals surface area contributed by atoms with Crippen LogP contribution >= 0.6 is 23.7 Å². The van der Waals surface area contributed by atoms with Crippen LogP contribution in [0, 0.1) is 0 Å². The zero-order chi connectivity index (χ0) is 13.9. The molecule has 0 saturated carbocycles. The molecule has 1 saturated heterocycles. The SMILES string of the molecule is CC1CN(Cc2cnc(N)s2)C(c2ccccc2)CO1.Cl. The molecule has 0 bridgehead atoms. The Morgan fingerprint density at radius 2 is 2.14 bits per heavy atom. The van der Waals surface area contributed by atoms with Crippen molar-refractivity contribution in [2.75, 3.05) is 18.9 Å². The molecule has 0 radical (unpaired) electrons. The number of rotatable bonds is 3. The second kappa shape index (κ2) is 7.22. The lowest BCUT2D eigenvalue weighted by molar-refractivity contribution is -0.0594. The molecule has 1 aromatic heterocycles. The van der Waals surface area contributed by atoms with E-state index in [-0.39, 0.29) is 18.5 Å². The van der Waals surface area contributed by atoms with Crippen LogP contribution in [0.3, 0.4) is 0 Å². The van der Waals surface area contributed by atoms with Crippen molar-refractivity contribution < 1.29 is 4.74 Å². The summed E-state index contributed by atoms with van der Waals surface area (Å²) < 4.78 is 5.84. The molecule has 3 rings (SSSR count). The fraction of sp³-hybridized carbons (Fsp3) is 0.400. The molecule has 0 amide bonds. The van der Waals surface area contributed by atoms with Crippen molar-refractivity contribution in [3.8, 4) is 0 Å². The first-order valence-electron chi connectivity index (χ1n) is 6.83. The Balaban J connectivity index is 0.00000161. The minimum atomic E-state index is 0. The highest BCUT2D eigenvalue weighted by molar-refractivity contribution is 7.15. The summed E-state index contributed by atoms with van der Waals surface area (Å²) in [6.45, 7) is 4.66. The average molecular weight is 326 g/mol. The summed E-state index contributed by atoms with van der Waals surface area (Å²) in [5, 5.41) is 0.637. The number of nitrogens with zero attached hydrogens (tertiary/aromatic N) is 2. The first-order chi connectivity index (χ1) is 9.72. The van der Waals surface area contributed by atoms with Crippen molar-refractivity contribution in [2.24, 2.45) is 0 Å². The Kier molecular flexibility index (Phi) is 5.58. The maximum absolute atomic E-state index is 5.84. The summed E-state index contributed by atoms with van der Waals surface area (Å²) in [7, 11) is 0. The van der Waals surface area contributed by atoms with E-state index >= 15 is 0 Å². The first kappa shape index (κ1) is 16.2. The Labute approximate surface area is 135 Å². The van der Waals surface area contributed by atoms with Crippen LogP contribution < -0.4 is 5.73 Å². The topological polar surface area (TPSA) is 51.4 Å². The molecule has 2 aromatic rings. The maximum Gasteiger partial charge on any atom is 0.180 e. The van der Waals surface area contributed by atoms with Gasteiger partial charge in [-0.1, -0.05) is 30.3 Å². The third kappa shape index (κ3) is 3.95. The second-order valence-electron chi connectivity index (χ2n) is 5.16. The molecule has 2 unspecified atom stereocenters. The summed E-state index contributed by atoms with van der Waals surface area (Å²) in [6, 6.07) is 10.8. The maximum atomic E-state index is 5.84. The number of hydrogen-bond acceptors (Lipinski definition) is 5. The van der Waals surface area contributed by atoms with Gasteiger partial charge in [0.1, 0.15) is 0 Å². The van der Waals surface area contributed by atoms with Gasteiger partial charge in [0.15, 0.2) is 5.13 Å². The normalized spacial score (nSPS) is 22.7. The molecule has 4 nitrogen and oxygen atoms in total. The number of nitrogen functional groups attached to an aromatic ring is 1. The highest BCUT2D eigenvalue weighted by atomic mass is 35.5. The summed E-state index contributed by atoms with van der Waals surface area (Å²) in [5.41, 5.74) is 7.02.